The number of benzene rings is 4. The standard InChI is InChI=1S/C36H32N2O4/c1-23-12-14-25(15-13-23)28-21-30-34(32(39)22-28)35(26-16-18-27(19-17-26)36(41)42-2)38(31-11-7-6-10-29(31)37-30)33(40)20-24-8-4-3-5-9-24/h3-19,28,35,37H,20-22H2,1-2H3/t28-,35+/m1/s1. The number of nitrogens with zero attached hydrogens (tertiary/aromatic N) is 1. The third kappa shape index (κ3) is 5.23. The van der Waals surface area contributed by atoms with E-state index >= 15 is 0 Å². The summed E-state index contributed by atoms with van der Waals surface area (Å²) in [5, 5.41) is 3.58. The van der Waals surface area contributed by atoms with Crippen molar-refractivity contribution in [3.63, 3.8) is 0 Å². The van der Waals surface area contributed by atoms with Crippen molar-refractivity contribution in [2.24, 2.45) is 0 Å². The van der Waals surface area contributed by atoms with Crippen LogP contribution in [0.3, 0.4) is 0 Å². The maximum Gasteiger partial charge on any atom is 0.337 e. The number of carbonyl (C=O) groups excluding carboxylic acids is 3. The number of fused-ring (bicyclic) bond motifs is 1. The van der Waals surface area contributed by atoms with Gasteiger partial charge in [0.05, 0.1) is 36.5 Å². The van der Waals surface area contributed by atoms with Crippen LogP contribution >= 0.6 is 0 Å². The molecule has 0 bridgehead atoms. The molecule has 1 heterocycles. The normalized spacial score (nSPS) is 18.0. The van der Waals surface area contributed by atoms with E-state index in [0.717, 1.165) is 28.1 Å². The lowest BCUT2D eigenvalue weighted by molar-refractivity contribution is -0.118. The quantitative estimate of drug-likeness (QED) is 0.270. The van der Waals surface area contributed by atoms with Gasteiger partial charge in [-0.3, -0.25) is 14.5 Å². The van der Waals surface area contributed by atoms with Crippen molar-refractivity contribution in [3.05, 3.63) is 142 Å². The fourth-order valence-electron chi connectivity index (χ4n) is 6.03. The summed E-state index contributed by atoms with van der Waals surface area (Å²) >= 11 is 0. The Morgan fingerprint density at radius 3 is 2.21 bits per heavy atom. The molecule has 1 aliphatic carbocycles. The van der Waals surface area contributed by atoms with Crippen molar-refractivity contribution < 1.29 is 19.1 Å². The van der Waals surface area contributed by atoms with Gasteiger partial charge in [-0.15, -0.1) is 0 Å². The number of anilines is 2. The Morgan fingerprint density at radius 1 is 0.833 bits per heavy atom. The van der Waals surface area contributed by atoms with Crippen LogP contribution in [0.2, 0.25) is 0 Å². The van der Waals surface area contributed by atoms with Crippen LogP contribution in [0, 0.1) is 6.92 Å². The average Bonchev–Trinajstić information content (AvgIpc) is 3.16. The van der Waals surface area contributed by atoms with Crippen molar-refractivity contribution in [1.82, 2.24) is 0 Å². The smallest absolute Gasteiger partial charge is 0.337 e. The maximum atomic E-state index is 14.3. The number of carbonyl (C=O) groups is 3. The number of hydrogen-bond donors (Lipinski definition) is 1. The molecule has 0 spiro atoms. The van der Waals surface area contributed by atoms with Gasteiger partial charge in [0.25, 0.3) is 0 Å². The van der Waals surface area contributed by atoms with Crippen molar-refractivity contribution in [1.29, 1.82) is 0 Å². The van der Waals surface area contributed by atoms with Gasteiger partial charge in [0.15, 0.2) is 5.78 Å². The fraction of sp³-hybridized carbons (Fsp3) is 0.194. The van der Waals surface area contributed by atoms with E-state index in [-0.39, 0.29) is 24.0 Å². The van der Waals surface area contributed by atoms with E-state index in [2.05, 4.69) is 36.5 Å². The molecular formula is C36H32N2O4. The number of methoxy groups -OCH3 is 1. The second-order valence-corrected chi connectivity index (χ2v) is 10.9. The van der Waals surface area contributed by atoms with E-state index < -0.39 is 12.0 Å². The lowest BCUT2D eigenvalue weighted by Gasteiger charge is -2.35. The summed E-state index contributed by atoms with van der Waals surface area (Å²) in [4.78, 5) is 42.4. The molecule has 4 aromatic carbocycles. The summed E-state index contributed by atoms with van der Waals surface area (Å²) in [6, 6.07) is 32.0. The number of para-hydroxylation sites is 2. The van der Waals surface area contributed by atoms with E-state index in [9.17, 15) is 14.4 Å². The van der Waals surface area contributed by atoms with Crippen LogP contribution in [-0.2, 0) is 20.7 Å². The second-order valence-electron chi connectivity index (χ2n) is 10.9. The Labute approximate surface area is 245 Å². The summed E-state index contributed by atoms with van der Waals surface area (Å²) in [6.07, 6.45) is 1.15. The molecule has 0 radical (unpaired) electrons. The maximum absolute atomic E-state index is 14.3. The van der Waals surface area contributed by atoms with Crippen molar-refractivity contribution >= 4 is 29.0 Å². The van der Waals surface area contributed by atoms with Gasteiger partial charge in [0.2, 0.25) is 5.91 Å². The molecule has 2 aliphatic rings. The number of ketones is 1. The number of nitrogens with one attached hydrogen (secondary N) is 1. The zero-order valence-corrected chi connectivity index (χ0v) is 23.7. The number of ether oxygens (including phenoxy) is 1. The molecule has 210 valence electrons. The molecule has 0 aromatic heterocycles. The Kier molecular flexibility index (Phi) is 7.44. The third-order valence-electron chi connectivity index (χ3n) is 8.15. The second kappa shape index (κ2) is 11.5. The van der Waals surface area contributed by atoms with E-state index in [0.29, 0.717) is 29.7 Å². The summed E-state index contributed by atoms with van der Waals surface area (Å²) in [5.74, 6) is -0.548. The minimum Gasteiger partial charge on any atom is -0.465 e. The van der Waals surface area contributed by atoms with Gasteiger partial charge in [-0.25, -0.2) is 4.79 Å². The van der Waals surface area contributed by atoms with Crippen molar-refractivity contribution in [3.8, 4) is 0 Å². The first-order valence-corrected chi connectivity index (χ1v) is 14.2. The molecule has 1 amide bonds. The van der Waals surface area contributed by atoms with Crippen molar-refractivity contribution in [2.75, 3.05) is 17.3 Å². The van der Waals surface area contributed by atoms with Crippen LogP contribution in [0.1, 0.15) is 57.4 Å². The zero-order valence-electron chi connectivity index (χ0n) is 23.7. The Hall–Kier alpha value is -4.97. The Bertz CT molecular complexity index is 1670. The summed E-state index contributed by atoms with van der Waals surface area (Å²) in [5.41, 5.74) is 7.22. The van der Waals surface area contributed by atoms with E-state index in [1.807, 2.05) is 66.7 Å². The number of Topliss-reactive ketones (excluding diaryl/α,β-unsaturated/α-hetero) is 1. The molecular weight excluding hydrogens is 524 g/mol. The van der Waals surface area contributed by atoms with Gasteiger partial charge in [0, 0.05) is 17.7 Å². The number of allylic oxidation sites excluding steroid dienone is 1. The molecule has 6 nitrogen and oxygen atoms in total. The monoisotopic (exact) mass is 556 g/mol. The molecule has 4 aromatic rings. The van der Waals surface area contributed by atoms with Gasteiger partial charge >= 0.3 is 5.97 Å². The van der Waals surface area contributed by atoms with Crippen LogP contribution in [-0.4, -0.2) is 24.8 Å². The highest BCUT2D eigenvalue weighted by atomic mass is 16.5. The van der Waals surface area contributed by atoms with E-state index in [1.54, 1.807) is 17.0 Å². The fourth-order valence-corrected chi connectivity index (χ4v) is 6.03. The van der Waals surface area contributed by atoms with E-state index in [4.69, 9.17) is 4.74 Å². The van der Waals surface area contributed by atoms with Gasteiger partial charge in [-0.1, -0.05) is 84.4 Å². The molecule has 0 unspecified atom stereocenters. The Morgan fingerprint density at radius 2 is 1.50 bits per heavy atom. The molecule has 1 N–H and O–H groups in total. The molecule has 0 saturated carbocycles. The van der Waals surface area contributed by atoms with Gasteiger partial charge in [-0.05, 0) is 60.2 Å². The number of rotatable bonds is 5. The van der Waals surface area contributed by atoms with Gasteiger partial charge < -0.3 is 10.1 Å². The van der Waals surface area contributed by atoms with Gasteiger partial charge in [-0.2, -0.15) is 0 Å². The van der Waals surface area contributed by atoms with Crippen molar-refractivity contribution in [2.45, 2.75) is 38.1 Å². The molecule has 1 aliphatic heterocycles. The number of esters is 1. The van der Waals surface area contributed by atoms with Gasteiger partial charge in [0.1, 0.15) is 0 Å². The number of amides is 1. The Balaban J connectivity index is 1.51. The average molecular weight is 557 g/mol. The van der Waals surface area contributed by atoms with E-state index in [1.165, 1.54) is 12.7 Å². The topological polar surface area (TPSA) is 75.7 Å². The molecule has 0 fully saturated rings. The first-order valence-electron chi connectivity index (χ1n) is 14.2. The molecule has 0 saturated heterocycles. The zero-order chi connectivity index (χ0) is 29.2. The number of hydrogen-bond acceptors (Lipinski definition) is 5. The largest absolute Gasteiger partial charge is 0.465 e. The highest BCUT2D eigenvalue weighted by Gasteiger charge is 2.41. The number of aryl methyl sites for hydroxylation is 1. The summed E-state index contributed by atoms with van der Waals surface area (Å²) in [6.45, 7) is 2.05. The molecule has 6 rings (SSSR count). The first-order chi connectivity index (χ1) is 20.4. The summed E-state index contributed by atoms with van der Waals surface area (Å²) in [7, 11) is 1.34. The molecule has 2 atom stereocenters. The highest BCUT2D eigenvalue weighted by molar-refractivity contribution is 6.07. The summed E-state index contributed by atoms with van der Waals surface area (Å²) < 4.78 is 4.90. The van der Waals surface area contributed by atoms with Crippen LogP contribution in [0.15, 0.2) is 114 Å². The van der Waals surface area contributed by atoms with Crippen LogP contribution in [0.5, 0.6) is 0 Å². The SMILES string of the molecule is COC(=O)c1ccc([C@H]2C3=C(C[C@@H](c4ccc(C)cc4)CC3=O)Nc3ccccc3N2C(=O)Cc2ccccc2)cc1. The minimum atomic E-state index is -0.675. The lowest BCUT2D eigenvalue weighted by Crippen LogP contribution is -2.39. The van der Waals surface area contributed by atoms with Crippen LogP contribution in [0.25, 0.3) is 0 Å². The highest BCUT2D eigenvalue weighted by Crippen LogP contribution is 2.47. The molecule has 6 heteroatoms. The first kappa shape index (κ1) is 27.2. The molecule has 42 heavy (non-hydrogen) atoms. The predicted molar refractivity (Wildman–Crippen MR) is 163 cm³/mol. The van der Waals surface area contributed by atoms with Crippen LogP contribution < -0.4 is 10.2 Å². The lowest BCUT2D eigenvalue weighted by atomic mass is 9.78. The predicted octanol–water partition coefficient (Wildman–Crippen LogP) is 6.92. The third-order valence-corrected chi connectivity index (χ3v) is 8.15. The minimum absolute atomic E-state index is 0.00156. The van der Waals surface area contributed by atoms with Crippen LogP contribution in [0.4, 0.5) is 11.4 Å².